The molecule has 1 aliphatic rings. The largest absolute Gasteiger partial charge is 0.503 e. The van der Waals surface area contributed by atoms with Crippen molar-refractivity contribution in [3.63, 3.8) is 0 Å². The fourth-order valence-electron chi connectivity index (χ4n) is 3.95. The summed E-state index contributed by atoms with van der Waals surface area (Å²) in [7, 11) is 0. The molecular weight excluding hydrogens is 400 g/mol. The number of nitrogens with zero attached hydrogens (tertiary/aromatic N) is 2. The first kappa shape index (κ1) is 21.5. The highest BCUT2D eigenvalue weighted by Crippen LogP contribution is 2.42. The number of pyridine rings is 1. The van der Waals surface area contributed by atoms with Crippen LogP contribution in [0.25, 0.3) is 0 Å². The smallest absolute Gasteiger partial charge is 0.294 e. The number of hydrogen-bond donors (Lipinski definition) is 1. The second-order valence-electron chi connectivity index (χ2n) is 8.51. The topological polar surface area (TPSA) is 70.5 Å². The Morgan fingerprint density at radius 3 is 2.19 bits per heavy atom. The van der Waals surface area contributed by atoms with Crippen LogP contribution in [0.1, 0.15) is 58.5 Å². The summed E-state index contributed by atoms with van der Waals surface area (Å²) in [6, 6.07) is 17.8. The second kappa shape index (κ2) is 8.42. The van der Waals surface area contributed by atoms with Crippen LogP contribution in [0.3, 0.4) is 0 Å². The van der Waals surface area contributed by atoms with Crippen LogP contribution in [0.4, 0.5) is 5.69 Å². The number of benzene rings is 2. The molecule has 5 heteroatoms. The lowest BCUT2D eigenvalue weighted by molar-refractivity contribution is -0.117. The number of hydrogen-bond acceptors (Lipinski definition) is 4. The summed E-state index contributed by atoms with van der Waals surface area (Å²) in [5.41, 5.74) is 4.78. The van der Waals surface area contributed by atoms with Crippen LogP contribution in [-0.2, 0) is 4.79 Å². The van der Waals surface area contributed by atoms with Crippen molar-refractivity contribution in [3.8, 4) is 0 Å². The molecule has 2 aromatic carbocycles. The van der Waals surface area contributed by atoms with Gasteiger partial charge in [-0.2, -0.15) is 0 Å². The Hall–Kier alpha value is -3.73. The maximum atomic E-state index is 13.5. The third kappa shape index (κ3) is 3.82. The third-order valence-corrected chi connectivity index (χ3v) is 5.86. The predicted octanol–water partition coefficient (Wildman–Crippen LogP) is 5.60. The van der Waals surface area contributed by atoms with Crippen LogP contribution in [0.15, 0.2) is 78.2 Å². The average Bonchev–Trinajstić information content (AvgIpc) is 3.05. The van der Waals surface area contributed by atoms with Crippen LogP contribution in [0, 0.1) is 13.8 Å². The zero-order chi connectivity index (χ0) is 23.0. The summed E-state index contributed by atoms with van der Waals surface area (Å²) >= 11 is 0. The molecule has 3 aromatic rings. The van der Waals surface area contributed by atoms with E-state index in [9.17, 15) is 14.7 Å². The summed E-state index contributed by atoms with van der Waals surface area (Å²) in [5, 5.41) is 10.9. The van der Waals surface area contributed by atoms with E-state index < -0.39 is 17.7 Å². The normalized spacial score (nSPS) is 16.2. The Kier molecular flexibility index (Phi) is 5.66. The van der Waals surface area contributed by atoms with Gasteiger partial charge in [0.05, 0.1) is 23.5 Å². The van der Waals surface area contributed by atoms with Crippen molar-refractivity contribution in [2.75, 3.05) is 4.90 Å². The molecule has 4 rings (SSSR count). The van der Waals surface area contributed by atoms with E-state index in [1.165, 1.54) is 4.90 Å². The predicted molar refractivity (Wildman–Crippen MR) is 125 cm³/mol. The minimum absolute atomic E-state index is 0.0803. The van der Waals surface area contributed by atoms with Crippen molar-refractivity contribution < 1.29 is 14.7 Å². The van der Waals surface area contributed by atoms with Crippen LogP contribution in [-0.4, -0.2) is 21.8 Å². The van der Waals surface area contributed by atoms with Gasteiger partial charge in [-0.15, -0.1) is 0 Å². The number of carbonyl (C=O) groups excluding carboxylic acids is 2. The first-order chi connectivity index (χ1) is 15.3. The molecule has 1 aromatic heterocycles. The van der Waals surface area contributed by atoms with Crippen LogP contribution >= 0.6 is 0 Å². The van der Waals surface area contributed by atoms with Crippen molar-refractivity contribution in [1.82, 2.24) is 4.98 Å². The molecule has 2 heterocycles. The van der Waals surface area contributed by atoms with Crippen molar-refractivity contribution in [1.29, 1.82) is 0 Å². The van der Waals surface area contributed by atoms with Crippen molar-refractivity contribution in [3.05, 3.63) is 106 Å². The molecule has 1 unspecified atom stereocenters. The van der Waals surface area contributed by atoms with E-state index in [1.807, 2.05) is 50.2 Å². The number of aryl methyl sites for hydroxylation is 2. The summed E-state index contributed by atoms with van der Waals surface area (Å²) in [6.45, 7) is 8.02. The number of rotatable bonds is 5. The van der Waals surface area contributed by atoms with Gasteiger partial charge in [-0.1, -0.05) is 67.9 Å². The van der Waals surface area contributed by atoms with Gasteiger partial charge in [0, 0.05) is 11.3 Å². The lowest BCUT2D eigenvalue weighted by Crippen LogP contribution is -2.31. The Bertz CT molecular complexity index is 1190. The number of aromatic nitrogens is 1. The zero-order valence-electron chi connectivity index (χ0n) is 18.7. The van der Waals surface area contributed by atoms with E-state index in [0.29, 0.717) is 17.2 Å². The van der Waals surface area contributed by atoms with E-state index in [4.69, 9.17) is 0 Å². The maximum absolute atomic E-state index is 13.5. The molecule has 1 aliphatic heterocycles. The van der Waals surface area contributed by atoms with Gasteiger partial charge in [-0.25, -0.2) is 0 Å². The molecule has 1 N–H and O–H groups in total. The SMILES string of the molecule is Cc1ccc(C(=O)C2=C(O)C(=O)N(c3ccc(C)nc3)C2c2ccc(C(C)C)cc2)cc1. The minimum Gasteiger partial charge on any atom is -0.503 e. The molecule has 0 radical (unpaired) electrons. The minimum atomic E-state index is -0.748. The molecule has 32 heavy (non-hydrogen) atoms. The van der Waals surface area contributed by atoms with E-state index in [-0.39, 0.29) is 11.4 Å². The molecule has 0 saturated carbocycles. The second-order valence-corrected chi connectivity index (χ2v) is 8.51. The highest BCUT2D eigenvalue weighted by atomic mass is 16.3. The lowest BCUT2D eigenvalue weighted by Gasteiger charge is -2.27. The fraction of sp³-hybridized carbons (Fsp3) is 0.222. The first-order valence-electron chi connectivity index (χ1n) is 10.7. The van der Waals surface area contributed by atoms with Crippen molar-refractivity contribution in [2.45, 2.75) is 39.7 Å². The van der Waals surface area contributed by atoms with Crippen LogP contribution < -0.4 is 4.90 Å². The number of Topliss-reactive ketones (excluding diaryl/α,β-unsaturated/α-hetero) is 1. The molecule has 0 aliphatic carbocycles. The van der Waals surface area contributed by atoms with Crippen molar-refractivity contribution in [2.24, 2.45) is 0 Å². The van der Waals surface area contributed by atoms with E-state index in [0.717, 1.165) is 22.4 Å². The lowest BCUT2D eigenvalue weighted by atomic mass is 9.91. The Morgan fingerprint density at radius 1 is 0.969 bits per heavy atom. The molecule has 1 atom stereocenters. The molecule has 162 valence electrons. The van der Waals surface area contributed by atoms with Gasteiger partial charge in [0.1, 0.15) is 0 Å². The summed E-state index contributed by atoms with van der Waals surface area (Å²) in [6.07, 6.45) is 1.59. The Morgan fingerprint density at radius 2 is 1.62 bits per heavy atom. The summed E-state index contributed by atoms with van der Waals surface area (Å²) in [5.74, 6) is -1.14. The van der Waals surface area contributed by atoms with Crippen molar-refractivity contribution >= 4 is 17.4 Å². The average molecular weight is 427 g/mol. The first-order valence-corrected chi connectivity index (χ1v) is 10.7. The molecule has 5 nitrogen and oxygen atoms in total. The quantitative estimate of drug-likeness (QED) is 0.539. The zero-order valence-corrected chi connectivity index (χ0v) is 18.7. The van der Waals surface area contributed by atoms with Gasteiger partial charge < -0.3 is 5.11 Å². The van der Waals surface area contributed by atoms with Gasteiger partial charge in [0.25, 0.3) is 5.91 Å². The van der Waals surface area contributed by atoms with Gasteiger partial charge in [-0.3, -0.25) is 19.5 Å². The van der Waals surface area contributed by atoms with E-state index >= 15 is 0 Å². The third-order valence-electron chi connectivity index (χ3n) is 5.86. The molecule has 0 saturated heterocycles. The van der Waals surface area contributed by atoms with E-state index in [1.54, 1.807) is 30.5 Å². The molecule has 0 fully saturated rings. The Labute approximate surface area is 188 Å². The standard InChI is InChI=1S/C27H26N2O3/c1-16(2)19-10-12-20(13-11-19)24-23(25(30)21-8-5-17(3)6-9-21)26(31)27(32)29(24)22-14-7-18(4)28-15-22/h5-16,24,31H,1-4H3. The summed E-state index contributed by atoms with van der Waals surface area (Å²) < 4.78 is 0. The van der Waals surface area contributed by atoms with Gasteiger partial charge >= 0.3 is 0 Å². The van der Waals surface area contributed by atoms with Crippen LogP contribution in [0.5, 0.6) is 0 Å². The molecular formula is C27H26N2O3. The number of carbonyl (C=O) groups is 2. The number of aliphatic hydroxyl groups excluding tert-OH is 1. The fourth-order valence-corrected chi connectivity index (χ4v) is 3.95. The van der Waals surface area contributed by atoms with Gasteiger partial charge in [0.15, 0.2) is 11.5 Å². The highest BCUT2D eigenvalue weighted by Gasteiger charge is 2.44. The Balaban J connectivity index is 1.85. The highest BCUT2D eigenvalue weighted by molar-refractivity contribution is 6.20. The maximum Gasteiger partial charge on any atom is 0.294 e. The monoisotopic (exact) mass is 426 g/mol. The number of ketones is 1. The molecule has 0 bridgehead atoms. The van der Waals surface area contributed by atoms with E-state index in [2.05, 4.69) is 18.8 Å². The number of amides is 1. The van der Waals surface area contributed by atoms with Gasteiger partial charge in [0.2, 0.25) is 0 Å². The number of anilines is 1. The number of aliphatic hydroxyl groups is 1. The van der Waals surface area contributed by atoms with Gasteiger partial charge in [-0.05, 0) is 43.0 Å². The molecule has 0 spiro atoms. The van der Waals surface area contributed by atoms with Crippen LogP contribution in [0.2, 0.25) is 0 Å². The summed E-state index contributed by atoms with van der Waals surface area (Å²) in [4.78, 5) is 32.4. The molecule has 1 amide bonds.